The van der Waals surface area contributed by atoms with Gasteiger partial charge in [0.2, 0.25) is 0 Å². The molecular formula is C18H23N5O3S. The monoisotopic (exact) mass is 389 g/mol. The second-order valence-corrected chi connectivity index (χ2v) is 9.50. The summed E-state index contributed by atoms with van der Waals surface area (Å²) < 4.78 is 24.8. The van der Waals surface area contributed by atoms with E-state index in [9.17, 15) is 13.2 Å². The number of nitrogens with zero attached hydrogens (tertiary/aromatic N) is 4. The summed E-state index contributed by atoms with van der Waals surface area (Å²) in [5, 5.41) is 0. The second kappa shape index (κ2) is 6.72. The predicted molar refractivity (Wildman–Crippen MR) is 100.0 cm³/mol. The molecule has 144 valence electrons. The van der Waals surface area contributed by atoms with E-state index in [1.807, 2.05) is 13.8 Å². The maximum absolute atomic E-state index is 13.1. The lowest BCUT2D eigenvalue weighted by molar-refractivity contribution is 0.0301. The number of pyridine rings is 1. The topological polar surface area (TPSA) is 99.3 Å². The Morgan fingerprint density at radius 1 is 1.26 bits per heavy atom. The summed E-state index contributed by atoms with van der Waals surface area (Å²) in [6.07, 6.45) is 4.87. The van der Waals surface area contributed by atoms with Crippen LogP contribution in [0.15, 0.2) is 24.8 Å². The number of H-pyrrole nitrogens is 1. The number of amides is 1. The van der Waals surface area contributed by atoms with Crippen molar-refractivity contribution in [3.63, 3.8) is 0 Å². The van der Waals surface area contributed by atoms with Crippen molar-refractivity contribution < 1.29 is 13.2 Å². The lowest BCUT2D eigenvalue weighted by Gasteiger charge is -2.43. The maximum Gasteiger partial charge on any atom is 0.256 e. The number of carbonyl (C=O) groups is 1. The third-order valence-electron chi connectivity index (χ3n) is 5.61. The van der Waals surface area contributed by atoms with Gasteiger partial charge in [-0.05, 0) is 25.5 Å². The summed E-state index contributed by atoms with van der Waals surface area (Å²) in [5.74, 6) is -0.0429. The van der Waals surface area contributed by atoms with Crippen LogP contribution in [0.4, 0.5) is 0 Å². The molecule has 2 aromatic rings. The zero-order valence-electron chi connectivity index (χ0n) is 15.4. The molecule has 2 fully saturated rings. The lowest BCUT2D eigenvalue weighted by atomic mass is 10.0. The Balaban J connectivity index is 1.61. The molecule has 9 heteroatoms. The molecule has 4 heterocycles. The zero-order valence-corrected chi connectivity index (χ0v) is 16.2. The van der Waals surface area contributed by atoms with Crippen molar-refractivity contribution in [1.29, 1.82) is 0 Å². The average molecular weight is 389 g/mol. The molecule has 0 bridgehead atoms. The fraction of sp³-hybridized carbons (Fsp3) is 0.500. The van der Waals surface area contributed by atoms with E-state index in [-0.39, 0.29) is 29.5 Å². The molecule has 2 atom stereocenters. The smallest absolute Gasteiger partial charge is 0.256 e. The van der Waals surface area contributed by atoms with Crippen LogP contribution in [0.2, 0.25) is 0 Å². The van der Waals surface area contributed by atoms with Crippen molar-refractivity contribution in [2.75, 3.05) is 24.6 Å². The number of sulfone groups is 1. The highest BCUT2D eigenvalue weighted by Crippen LogP contribution is 2.29. The third kappa shape index (κ3) is 3.37. The van der Waals surface area contributed by atoms with Gasteiger partial charge in [-0.3, -0.25) is 14.7 Å². The van der Waals surface area contributed by atoms with E-state index in [1.54, 1.807) is 29.7 Å². The molecule has 1 N–H and O–H groups in total. The molecule has 2 aliphatic heterocycles. The molecule has 2 aromatic heterocycles. The largest absolute Gasteiger partial charge is 0.348 e. The average Bonchev–Trinajstić information content (AvgIpc) is 3.17. The second-order valence-electron chi connectivity index (χ2n) is 7.35. The van der Waals surface area contributed by atoms with Crippen LogP contribution in [0.25, 0.3) is 0 Å². The third-order valence-corrected chi connectivity index (χ3v) is 7.31. The van der Waals surface area contributed by atoms with E-state index in [1.165, 1.54) is 0 Å². The number of imidazole rings is 1. The van der Waals surface area contributed by atoms with Gasteiger partial charge in [0.1, 0.15) is 0 Å². The highest BCUT2D eigenvalue weighted by molar-refractivity contribution is 7.91. The molecule has 0 saturated carbocycles. The summed E-state index contributed by atoms with van der Waals surface area (Å²) in [7, 11) is -3.19. The fourth-order valence-corrected chi connectivity index (χ4v) is 6.07. The molecule has 0 aromatic carbocycles. The van der Waals surface area contributed by atoms with Crippen molar-refractivity contribution in [3.05, 3.63) is 47.3 Å². The van der Waals surface area contributed by atoms with Crippen LogP contribution in [0.1, 0.15) is 27.3 Å². The Morgan fingerprint density at radius 2 is 2.04 bits per heavy atom. The Labute approximate surface area is 158 Å². The fourth-order valence-electron chi connectivity index (χ4n) is 4.05. The van der Waals surface area contributed by atoms with E-state index < -0.39 is 9.84 Å². The first-order valence-corrected chi connectivity index (χ1v) is 10.8. The number of rotatable bonds is 3. The van der Waals surface area contributed by atoms with Crippen LogP contribution >= 0.6 is 0 Å². The number of aromatic amines is 1. The minimum atomic E-state index is -3.19. The van der Waals surface area contributed by atoms with Gasteiger partial charge in [0.15, 0.2) is 9.84 Å². The molecule has 0 unspecified atom stereocenters. The molecule has 4 rings (SSSR count). The van der Waals surface area contributed by atoms with Gasteiger partial charge in [-0.1, -0.05) is 0 Å². The van der Waals surface area contributed by atoms with Crippen molar-refractivity contribution in [2.24, 2.45) is 0 Å². The van der Waals surface area contributed by atoms with Crippen LogP contribution in [-0.2, 0) is 16.4 Å². The Kier molecular flexibility index (Phi) is 4.51. The predicted octanol–water partition coefficient (Wildman–Crippen LogP) is 0.545. The minimum Gasteiger partial charge on any atom is -0.348 e. The number of fused-ring (bicyclic) bond motifs is 1. The first-order valence-electron chi connectivity index (χ1n) is 9.00. The van der Waals surface area contributed by atoms with Gasteiger partial charge >= 0.3 is 0 Å². The van der Waals surface area contributed by atoms with Crippen molar-refractivity contribution in [3.8, 4) is 0 Å². The van der Waals surface area contributed by atoms with E-state index in [0.29, 0.717) is 25.2 Å². The Morgan fingerprint density at radius 3 is 2.74 bits per heavy atom. The summed E-state index contributed by atoms with van der Waals surface area (Å²) in [6.45, 7) is 5.52. The van der Waals surface area contributed by atoms with Crippen LogP contribution in [0.5, 0.6) is 0 Å². The van der Waals surface area contributed by atoms with Gasteiger partial charge in [0.25, 0.3) is 5.91 Å². The summed E-state index contributed by atoms with van der Waals surface area (Å²) in [6, 6.07) is 1.25. The van der Waals surface area contributed by atoms with Gasteiger partial charge in [-0.25, -0.2) is 13.4 Å². The quantitative estimate of drug-likeness (QED) is 0.823. The van der Waals surface area contributed by atoms with E-state index in [4.69, 9.17) is 0 Å². The molecule has 2 aliphatic rings. The Bertz CT molecular complexity index is 971. The van der Waals surface area contributed by atoms with Crippen molar-refractivity contribution in [2.45, 2.75) is 32.5 Å². The zero-order chi connectivity index (χ0) is 19.2. The first-order chi connectivity index (χ1) is 12.9. The number of nitrogens with one attached hydrogen (secondary N) is 1. The van der Waals surface area contributed by atoms with Crippen LogP contribution in [-0.4, -0.2) is 75.8 Å². The normalized spacial score (nSPS) is 24.7. The highest BCUT2D eigenvalue weighted by Gasteiger charge is 2.48. The number of hydrogen-bond acceptors (Lipinski definition) is 6. The summed E-state index contributed by atoms with van der Waals surface area (Å²) in [5.41, 5.74) is 3.29. The highest BCUT2D eigenvalue weighted by atomic mass is 32.2. The molecule has 0 aliphatic carbocycles. The molecule has 0 radical (unpaired) electrons. The molecule has 8 nitrogen and oxygen atoms in total. The van der Waals surface area contributed by atoms with E-state index in [0.717, 1.165) is 17.0 Å². The van der Waals surface area contributed by atoms with Gasteiger partial charge in [0, 0.05) is 43.8 Å². The van der Waals surface area contributed by atoms with E-state index in [2.05, 4.69) is 19.9 Å². The molecule has 1 amide bonds. The Hall–Kier alpha value is -2.26. The van der Waals surface area contributed by atoms with Crippen molar-refractivity contribution >= 4 is 15.7 Å². The molecule has 0 spiro atoms. The number of hydrogen-bond donors (Lipinski definition) is 1. The van der Waals surface area contributed by atoms with Gasteiger partial charge in [0.05, 0.1) is 35.1 Å². The SMILES string of the molecule is Cc1ccncc1C(=O)N1CCN(Cc2nc[nH]c2C)[C@@H]2CS(=O)(=O)C[C@@H]21. The van der Waals surface area contributed by atoms with Gasteiger partial charge in [-0.15, -0.1) is 0 Å². The first kappa shape index (κ1) is 18.1. The molecular weight excluding hydrogens is 366 g/mol. The molecule has 27 heavy (non-hydrogen) atoms. The standard InChI is InChI=1S/C18H23N5O3S/c1-12-3-4-19-7-14(12)18(24)23-6-5-22(8-15-13(2)20-11-21-15)16-9-27(25,26)10-17(16)23/h3-4,7,11,16-17H,5-6,8-10H2,1-2H3,(H,20,21)/t16-,17+/m1/s1. The van der Waals surface area contributed by atoms with E-state index >= 15 is 0 Å². The number of aromatic nitrogens is 3. The van der Waals surface area contributed by atoms with Crippen LogP contribution in [0.3, 0.4) is 0 Å². The summed E-state index contributed by atoms with van der Waals surface area (Å²) in [4.78, 5) is 28.4. The van der Waals surface area contributed by atoms with Gasteiger partial charge < -0.3 is 9.88 Å². The summed E-state index contributed by atoms with van der Waals surface area (Å²) >= 11 is 0. The minimum absolute atomic E-state index is 0.0127. The van der Waals surface area contributed by atoms with Crippen molar-refractivity contribution in [1.82, 2.24) is 24.8 Å². The maximum atomic E-state index is 13.1. The lowest BCUT2D eigenvalue weighted by Crippen LogP contribution is -2.60. The number of aryl methyl sites for hydroxylation is 2. The van der Waals surface area contributed by atoms with Crippen LogP contribution < -0.4 is 0 Å². The number of carbonyl (C=O) groups excluding carboxylic acids is 1. The van der Waals surface area contributed by atoms with Gasteiger partial charge in [-0.2, -0.15) is 0 Å². The van der Waals surface area contributed by atoms with Crippen LogP contribution in [0, 0.1) is 13.8 Å². The molecule has 2 saturated heterocycles. The number of piperazine rings is 1.